The van der Waals surface area contributed by atoms with Gasteiger partial charge in [-0.3, -0.25) is 9.36 Å². The maximum atomic E-state index is 12.4. The van der Waals surface area contributed by atoms with E-state index >= 15 is 0 Å². The quantitative estimate of drug-likeness (QED) is 0.130. The molecule has 1 saturated carbocycles. The van der Waals surface area contributed by atoms with Gasteiger partial charge in [0.1, 0.15) is 5.75 Å². The van der Waals surface area contributed by atoms with E-state index in [2.05, 4.69) is 70.5 Å². The minimum atomic E-state index is -0.257. The summed E-state index contributed by atoms with van der Waals surface area (Å²) in [6.45, 7) is 0. The highest BCUT2D eigenvalue weighted by molar-refractivity contribution is 14.1. The molecule has 0 unspecified atom stereocenters. The summed E-state index contributed by atoms with van der Waals surface area (Å²) in [4.78, 5) is 12.4. The van der Waals surface area contributed by atoms with Crippen molar-refractivity contribution in [3.8, 4) is 17.1 Å². The number of hydrogen-bond acceptors (Lipinski definition) is 6. The van der Waals surface area contributed by atoms with E-state index < -0.39 is 0 Å². The Bertz CT molecular complexity index is 1200. The van der Waals surface area contributed by atoms with Crippen molar-refractivity contribution in [3.63, 3.8) is 0 Å². The van der Waals surface area contributed by atoms with Crippen LogP contribution in [0.15, 0.2) is 46.7 Å². The van der Waals surface area contributed by atoms with Crippen molar-refractivity contribution in [2.45, 2.75) is 43.3 Å². The molecule has 1 aliphatic rings. The Morgan fingerprint density at radius 3 is 2.68 bits per heavy atom. The number of carbonyl (C=O) groups is 1. The molecule has 0 saturated heterocycles. The molecule has 2 N–H and O–H groups in total. The first-order chi connectivity index (χ1) is 16.4. The second-order valence-electron chi connectivity index (χ2n) is 7.88. The van der Waals surface area contributed by atoms with Crippen molar-refractivity contribution in [1.29, 1.82) is 0 Å². The first-order valence-corrected chi connectivity index (χ1v) is 14.3. The lowest BCUT2D eigenvalue weighted by atomic mass is 9.95. The number of aromatic hydroxyl groups is 1. The van der Waals surface area contributed by atoms with Gasteiger partial charge in [-0.15, -0.1) is 10.2 Å². The maximum absolute atomic E-state index is 12.4. The number of phenolic OH excluding ortho intramolecular Hbond substituents is 1. The maximum Gasteiger partial charge on any atom is 0.250 e. The summed E-state index contributed by atoms with van der Waals surface area (Å²) >= 11 is 11.6. The van der Waals surface area contributed by atoms with Crippen molar-refractivity contribution >= 4 is 80.7 Å². The SMILES string of the molecule is O=C(CSc1nnc(-c2ccc(Cl)cc2)n1C1CCCCC1)N/N=C\c1cc(I)cc(I)c1O. The van der Waals surface area contributed by atoms with E-state index in [-0.39, 0.29) is 17.4 Å². The summed E-state index contributed by atoms with van der Waals surface area (Å²) in [6, 6.07) is 11.6. The average Bonchev–Trinajstić information content (AvgIpc) is 3.25. The van der Waals surface area contributed by atoms with Crippen LogP contribution in [0.5, 0.6) is 5.75 Å². The van der Waals surface area contributed by atoms with Crippen molar-refractivity contribution in [1.82, 2.24) is 20.2 Å². The van der Waals surface area contributed by atoms with Crippen LogP contribution >= 0.6 is 68.5 Å². The van der Waals surface area contributed by atoms with Gasteiger partial charge in [0.25, 0.3) is 5.91 Å². The van der Waals surface area contributed by atoms with Crippen LogP contribution in [0.25, 0.3) is 11.4 Å². The Labute approximate surface area is 234 Å². The third kappa shape index (κ3) is 6.43. The lowest BCUT2D eigenvalue weighted by Crippen LogP contribution is -2.20. The normalized spacial score (nSPS) is 14.6. The van der Waals surface area contributed by atoms with Crippen molar-refractivity contribution in [2.24, 2.45) is 5.10 Å². The highest BCUT2D eigenvalue weighted by atomic mass is 127. The number of nitrogens with zero attached hydrogens (tertiary/aromatic N) is 4. The van der Waals surface area contributed by atoms with E-state index in [0.29, 0.717) is 16.6 Å². The molecule has 4 rings (SSSR count). The van der Waals surface area contributed by atoms with Crippen LogP contribution in [0.1, 0.15) is 43.7 Å². The van der Waals surface area contributed by atoms with E-state index in [4.69, 9.17) is 11.6 Å². The molecule has 1 aromatic heterocycles. The second-order valence-corrected chi connectivity index (χ2v) is 11.7. The molecule has 1 amide bonds. The van der Waals surface area contributed by atoms with E-state index in [0.717, 1.165) is 36.5 Å². The Kier molecular flexibility index (Phi) is 9.10. The van der Waals surface area contributed by atoms with Gasteiger partial charge in [-0.1, -0.05) is 42.6 Å². The fourth-order valence-corrected chi connectivity index (χ4v) is 6.67. The van der Waals surface area contributed by atoms with E-state index in [9.17, 15) is 9.90 Å². The molecule has 178 valence electrons. The first kappa shape index (κ1) is 25.7. The molecule has 0 spiro atoms. The summed E-state index contributed by atoms with van der Waals surface area (Å²) < 4.78 is 3.88. The average molecular weight is 722 g/mol. The number of benzene rings is 2. The number of halogens is 3. The topological polar surface area (TPSA) is 92.4 Å². The van der Waals surface area contributed by atoms with Gasteiger partial charge in [0.2, 0.25) is 0 Å². The smallest absolute Gasteiger partial charge is 0.250 e. The summed E-state index contributed by atoms with van der Waals surface area (Å²) in [5.74, 6) is 0.836. The van der Waals surface area contributed by atoms with Gasteiger partial charge < -0.3 is 5.11 Å². The molecule has 0 aliphatic heterocycles. The van der Waals surface area contributed by atoms with Crippen LogP contribution in [0, 0.1) is 7.14 Å². The van der Waals surface area contributed by atoms with E-state index in [1.807, 2.05) is 30.3 Å². The number of amides is 1. The molecule has 7 nitrogen and oxygen atoms in total. The largest absolute Gasteiger partial charge is 0.506 e. The molecule has 1 aliphatic carbocycles. The predicted octanol–water partition coefficient (Wildman–Crippen LogP) is 6.26. The number of hydrogen-bond donors (Lipinski definition) is 2. The van der Waals surface area contributed by atoms with Crippen LogP contribution < -0.4 is 5.43 Å². The van der Waals surface area contributed by atoms with Crippen molar-refractivity contribution < 1.29 is 9.90 Å². The summed E-state index contributed by atoms with van der Waals surface area (Å²) in [5.41, 5.74) is 4.04. The van der Waals surface area contributed by atoms with Crippen molar-refractivity contribution in [3.05, 3.63) is 54.1 Å². The molecular weight excluding hydrogens is 700 g/mol. The fourth-order valence-electron chi connectivity index (χ4n) is 3.86. The van der Waals surface area contributed by atoms with Gasteiger partial charge >= 0.3 is 0 Å². The van der Waals surface area contributed by atoms with Crippen LogP contribution in [0.3, 0.4) is 0 Å². The van der Waals surface area contributed by atoms with Gasteiger partial charge in [0, 0.05) is 25.8 Å². The second kappa shape index (κ2) is 12.0. The zero-order valence-electron chi connectivity index (χ0n) is 18.0. The molecule has 1 fully saturated rings. The molecular formula is C23H22ClI2N5O2S. The number of carbonyl (C=O) groups excluding carboxylic acids is 1. The Morgan fingerprint density at radius 1 is 1.21 bits per heavy atom. The highest BCUT2D eigenvalue weighted by Crippen LogP contribution is 2.35. The molecule has 0 bridgehead atoms. The standard InChI is InChI=1S/C23H22ClI2N5O2S/c24-16-8-6-14(7-9-16)22-29-30-23(31(22)18-4-2-1-3-5-18)34-13-20(32)28-27-12-15-10-17(25)11-19(26)21(15)33/h6-12,18,33H,1-5,13H2,(H,28,32)/b27-12-. The van der Waals surface area contributed by atoms with Crippen LogP contribution in [-0.2, 0) is 4.79 Å². The summed E-state index contributed by atoms with van der Waals surface area (Å²) in [5, 5.41) is 24.4. The Hall–Kier alpha value is -1.38. The number of aromatic nitrogens is 3. The number of hydrazone groups is 1. The van der Waals surface area contributed by atoms with Crippen LogP contribution in [0.4, 0.5) is 0 Å². The molecule has 34 heavy (non-hydrogen) atoms. The molecule has 1 heterocycles. The van der Waals surface area contributed by atoms with Crippen LogP contribution in [0.2, 0.25) is 5.02 Å². The first-order valence-electron chi connectivity index (χ1n) is 10.8. The van der Waals surface area contributed by atoms with Gasteiger partial charge in [0.15, 0.2) is 11.0 Å². The lowest BCUT2D eigenvalue weighted by molar-refractivity contribution is -0.118. The highest BCUT2D eigenvalue weighted by Gasteiger charge is 2.24. The zero-order chi connectivity index (χ0) is 24.1. The fraction of sp³-hybridized carbons (Fsp3) is 0.304. The van der Waals surface area contributed by atoms with Gasteiger partial charge in [0.05, 0.1) is 15.5 Å². The number of nitrogens with one attached hydrogen (secondary N) is 1. The third-order valence-corrected chi connectivity index (χ3v) is 8.13. The number of phenols is 1. The molecule has 2 aromatic carbocycles. The van der Waals surface area contributed by atoms with Crippen molar-refractivity contribution in [2.75, 3.05) is 5.75 Å². The Morgan fingerprint density at radius 2 is 1.94 bits per heavy atom. The van der Waals surface area contributed by atoms with Gasteiger partial charge in [-0.05, 0) is 94.4 Å². The number of rotatable bonds is 7. The minimum Gasteiger partial charge on any atom is -0.506 e. The molecule has 3 aromatic rings. The van der Waals surface area contributed by atoms with Crippen LogP contribution in [-0.4, -0.2) is 37.7 Å². The zero-order valence-corrected chi connectivity index (χ0v) is 23.9. The summed E-state index contributed by atoms with van der Waals surface area (Å²) in [7, 11) is 0. The van der Waals surface area contributed by atoms with Gasteiger partial charge in [-0.2, -0.15) is 5.10 Å². The van der Waals surface area contributed by atoms with E-state index in [1.165, 1.54) is 37.2 Å². The minimum absolute atomic E-state index is 0.142. The number of thioether (sulfide) groups is 1. The molecule has 11 heteroatoms. The lowest BCUT2D eigenvalue weighted by Gasteiger charge is -2.25. The molecule has 0 radical (unpaired) electrons. The third-order valence-electron chi connectivity index (χ3n) is 5.49. The van der Waals surface area contributed by atoms with E-state index in [1.54, 1.807) is 6.07 Å². The molecule has 0 atom stereocenters. The Balaban J connectivity index is 1.46. The van der Waals surface area contributed by atoms with Gasteiger partial charge in [-0.25, -0.2) is 5.43 Å². The monoisotopic (exact) mass is 721 g/mol. The summed E-state index contributed by atoms with van der Waals surface area (Å²) in [6.07, 6.45) is 7.18. The predicted molar refractivity (Wildman–Crippen MR) is 153 cm³/mol.